The fourth-order valence-electron chi connectivity index (χ4n) is 1.95. The molecular formula is C11H16N2O2. The lowest BCUT2D eigenvalue weighted by atomic mass is 9.96. The fraction of sp³-hybridized carbons (Fsp3) is 0.545. The highest BCUT2D eigenvalue weighted by Crippen LogP contribution is 2.53. The molecule has 1 aliphatic rings. The molecule has 0 bridgehead atoms. The maximum Gasteiger partial charge on any atom is 0.220 e. The van der Waals surface area contributed by atoms with Gasteiger partial charge >= 0.3 is 0 Å². The predicted molar refractivity (Wildman–Crippen MR) is 57.3 cm³/mol. The van der Waals surface area contributed by atoms with Crippen LogP contribution in [-0.4, -0.2) is 25.7 Å². The summed E-state index contributed by atoms with van der Waals surface area (Å²) in [5, 5.41) is 0. The molecule has 0 aliphatic heterocycles. The van der Waals surface area contributed by atoms with Gasteiger partial charge in [0.25, 0.3) is 0 Å². The lowest BCUT2D eigenvalue weighted by Gasteiger charge is -2.18. The van der Waals surface area contributed by atoms with E-state index in [1.807, 2.05) is 6.07 Å². The number of ether oxygens (including phenoxy) is 2. The normalized spacial score (nSPS) is 17.3. The van der Waals surface area contributed by atoms with Crippen molar-refractivity contribution in [3.05, 3.63) is 17.8 Å². The molecule has 1 fully saturated rings. The molecule has 4 heteroatoms. The van der Waals surface area contributed by atoms with Crippen molar-refractivity contribution in [2.45, 2.75) is 18.3 Å². The first-order valence-corrected chi connectivity index (χ1v) is 5.05. The van der Waals surface area contributed by atoms with Gasteiger partial charge in [0.05, 0.1) is 19.8 Å². The van der Waals surface area contributed by atoms with Crippen LogP contribution in [0.2, 0.25) is 0 Å². The zero-order valence-electron chi connectivity index (χ0n) is 9.12. The first-order chi connectivity index (χ1) is 7.27. The Hall–Kier alpha value is -1.29. The molecule has 1 aromatic heterocycles. The molecular weight excluding hydrogens is 192 g/mol. The summed E-state index contributed by atoms with van der Waals surface area (Å²) in [6.07, 6.45) is 3.86. The van der Waals surface area contributed by atoms with Crippen molar-refractivity contribution in [1.29, 1.82) is 0 Å². The minimum atomic E-state index is 0.0327. The van der Waals surface area contributed by atoms with E-state index in [0.717, 1.165) is 24.2 Å². The van der Waals surface area contributed by atoms with Gasteiger partial charge in [-0.15, -0.1) is 0 Å². The molecule has 0 radical (unpaired) electrons. The van der Waals surface area contributed by atoms with Crippen LogP contribution in [0.1, 0.15) is 18.4 Å². The molecule has 2 N–H and O–H groups in total. The number of methoxy groups -OCH3 is 2. The Bertz CT molecular complexity index is 339. The minimum Gasteiger partial charge on any atom is -0.496 e. The van der Waals surface area contributed by atoms with Crippen LogP contribution in [0.4, 0.5) is 0 Å². The summed E-state index contributed by atoms with van der Waals surface area (Å²) in [6.45, 7) is 0.616. The second-order valence-electron chi connectivity index (χ2n) is 3.88. The first-order valence-electron chi connectivity index (χ1n) is 5.05. The van der Waals surface area contributed by atoms with E-state index in [9.17, 15) is 0 Å². The lowest BCUT2D eigenvalue weighted by molar-refractivity contribution is 0.365. The number of pyridine rings is 1. The largest absolute Gasteiger partial charge is 0.496 e. The molecule has 15 heavy (non-hydrogen) atoms. The highest BCUT2D eigenvalue weighted by atomic mass is 16.5. The van der Waals surface area contributed by atoms with Gasteiger partial charge in [-0.1, -0.05) is 0 Å². The fourth-order valence-corrected chi connectivity index (χ4v) is 1.95. The molecule has 0 spiro atoms. The monoisotopic (exact) mass is 208 g/mol. The summed E-state index contributed by atoms with van der Waals surface area (Å²) in [4.78, 5) is 4.20. The maximum atomic E-state index is 5.81. The van der Waals surface area contributed by atoms with E-state index in [4.69, 9.17) is 15.2 Å². The van der Waals surface area contributed by atoms with E-state index in [-0.39, 0.29) is 5.41 Å². The Balaban J connectivity index is 2.51. The SMILES string of the molecule is COc1ccnc(OC)c1C1(CN)CC1. The topological polar surface area (TPSA) is 57.4 Å². The summed E-state index contributed by atoms with van der Waals surface area (Å²) in [5.74, 6) is 1.46. The third-order valence-corrected chi connectivity index (χ3v) is 3.07. The van der Waals surface area contributed by atoms with E-state index in [0.29, 0.717) is 12.4 Å². The van der Waals surface area contributed by atoms with Crippen LogP contribution in [0, 0.1) is 0 Å². The number of nitrogens with zero attached hydrogens (tertiary/aromatic N) is 1. The third kappa shape index (κ3) is 1.55. The van der Waals surface area contributed by atoms with E-state index in [2.05, 4.69) is 4.98 Å². The molecule has 0 saturated heterocycles. The minimum absolute atomic E-state index is 0.0327. The highest BCUT2D eigenvalue weighted by molar-refractivity contribution is 5.49. The van der Waals surface area contributed by atoms with E-state index in [1.165, 1.54) is 0 Å². The zero-order chi connectivity index (χ0) is 10.9. The number of nitrogens with two attached hydrogens (primary N) is 1. The molecule has 0 atom stereocenters. The summed E-state index contributed by atoms with van der Waals surface area (Å²) in [7, 11) is 3.28. The predicted octanol–water partition coefficient (Wildman–Crippen LogP) is 1.09. The standard InChI is InChI=1S/C11H16N2O2/c1-14-8-3-6-13-10(15-2)9(8)11(7-12)4-5-11/h3,6H,4-5,7,12H2,1-2H3. The van der Waals surface area contributed by atoms with E-state index in [1.54, 1.807) is 20.4 Å². The summed E-state index contributed by atoms with van der Waals surface area (Å²) >= 11 is 0. The molecule has 0 aromatic carbocycles. The van der Waals surface area contributed by atoms with Crippen molar-refractivity contribution in [3.63, 3.8) is 0 Å². The summed E-state index contributed by atoms with van der Waals surface area (Å²) < 4.78 is 10.6. The maximum absolute atomic E-state index is 5.81. The second-order valence-corrected chi connectivity index (χ2v) is 3.88. The van der Waals surface area contributed by atoms with Crippen molar-refractivity contribution < 1.29 is 9.47 Å². The van der Waals surface area contributed by atoms with Crippen LogP contribution in [-0.2, 0) is 5.41 Å². The van der Waals surface area contributed by atoms with Crippen LogP contribution >= 0.6 is 0 Å². The van der Waals surface area contributed by atoms with Gasteiger partial charge in [0.2, 0.25) is 5.88 Å². The van der Waals surface area contributed by atoms with Gasteiger partial charge in [-0.25, -0.2) is 4.98 Å². The van der Waals surface area contributed by atoms with Crippen LogP contribution in [0.5, 0.6) is 11.6 Å². The van der Waals surface area contributed by atoms with Crippen LogP contribution < -0.4 is 15.2 Å². The molecule has 1 saturated carbocycles. The Labute approximate surface area is 89.4 Å². The van der Waals surface area contributed by atoms with Gasteiger partial charge < -0.3 is 15.2 Å². The van der Waals surface area contributed by atoms with Gasteiger partial charge in [-0.3, -0.25) is 0 Å². The van der Waals surface area contributed by atoms with E-state index >= 15 is 0 Å². The second kappa shape index (κ2) is 3.70. The summed E-state index contributed by atoms with van der Waals surface area (Å²) in [5.41, 5.74) is 6.87. The molecule has 1 aromatic rings. The Morgan fingerprint density at radius 1 is 1.40 bits per heavy atom. The number of hydrogen-bond acceptors (Lipinski definition) is 4. The van der Waals surface area contributed by atoms with Gasteiger partial charge in [-0.2, -0.15) is 0 Å². The van der Waals surface area contributed by atoms with Gasteiger partial charge in [0.1, 0.15) is 5.75 Å². The molecule has 82 valence electrons. The average molecular weight is 208 g/mol. The Morgan fingerprint density at radius 2 is 2.13 bits per heavy atom. The quantitative estimate of drug-likeness (QED) is 0.804. The average Bonchev–Trinajstić information content (AvgIpc) is 3.08. The van der Waals surface area contributed by atoms with Crippen LogP contribution in [0.15, 0.2) is 12.3 Å². The lowest BCUT2D eigenvalue weighted by Crippen LogP contribution is -2.21. The van der Waals surface area contributed by atoms with Gasteiger partial charge in [0, 0.05) is 18.2 Å². The van der Waals surface area contributed by atoms with Crippen LogP contribution in [0.3, 0.4) is 0 Å². The first kappa shape index (κ1) is 10.2. The number of rotatable bonds is 4. The molecule has 4 nitrogen and oxygen atoms in total. The van der Waals surface area contributed by atoms with Gasteiger partial charge in [-0.05, 0) is 18.9 Å². The number of aromatic nitrogens is 1. The van der Waals surface area contributed by atoms with Gasteiger partial charge in [0.15, 0.2) is 0 Å². The molecule has 2 rings (SSSR count). The molecule has 1 heterocycles. The Morgan fingerprint density at radius 3 is 2.60 bits per heavy atom. The van der Waals surface area contributed by atoms with Crippen molar-refractivity contribution in [1.82, 2.24) is 4.98 Å². The van der Waals surface area contributed by atoms with Crippen molar-refractivity contribution in [2.24, 2.45) is 5.73 Å². The molecule has 0 amide bonds. The van der Waals surface area contributed by atoms with Crippen molar-refractivity contribution in [2.75, 3.05) is 20.8 Å². The van der Waals surface area contributed by atoms with Crippen molar-refractivity contribution >= 4 is 0 Å². The summed E-state index contributed by atoms with van der Waals surface area (Å²) in [6, 6.07) is 1.85. The third-order valence-electron chi connectivity index (χ3n) is 3.07. The van der Waals surface area contributed by atoms with Crippen LogP contribution in [0.25, 0.3) is 0 Å². The Kier molecular flexibility index (Phi) is 2.52. The highest BCUT2D eigenvalue weighted by Gasteiger charge is 2.47. The molecule has 0 unspecified atom stereocenters. The zero-order valence-corrected chi connectivity index (χ0v) is 9.12. The smallest absolute Gasteiger partial charge is 0.220 e. The van der Waals surface area contributed by atoms with Crippen molar-refractivity contribution in [3.8, 4) is 11.6 Å². The molecule has 1 aliphatic carbocycles. The van der Waals surface area contributed by atoms with E-state index < -0.39 is 0 Å². The number of hydrogen-bond donors (Lipinski definition) is 1.